The maximum atomic E-state index is 14.1. The van der Waals surface area contributed by atoms with Gasteiger partial charge >= 0.3 is 0 Å². The first kappa shape index (κ1) is 20.2. The van der Waals surface area contributed by atoms with E-state index in [2.05, 4.69) is 10.2 Å². The Morgan fingerprint density at radius 1 is 0.968 bits per heavy atom. The predicted octanol–water partition coefficient (Wildman–Crippen LogP) is 5.07. The van der Waals surface area contributed by atoms with Gasteiger partial charge in [-0.2, -0.15) is 4.31 Å². The van der Waals surface area contributed by atoms with Crippen LogP contribution in [-0.2, 0) is 10.0 Å². The highest BCUT2D eigenvalue weighted by Gasteiger charge is 2.32. The summed E-state index contributed by atoms with van der Waals surface area (Å²) in [6.07, 6.45) is 1.57. The van der Waals surface area contributed by atoms with Crippen molar-refractivity contribution in [3.8, 4) is 10.6 Å². The van der Waals surface area contributed by atoms with Gasteiger partial charge in [-0.3, -0.25) is 0 Å². The van der Waals surface area contributed by atoms with E-state index in [-0.39, 0.29) is 11.7 Å². The van der Waals surface area contributed by atoms with E-state index in [0.717, 1.165) is 28.6 Å². The second-order valence-corrected chi connectivity index (χ2v) is 10.6. The van der Waals surface area contributed by atoms with Gasteiger partial charge < -0.3 is 0 Å². The molecule has 0 radical (unpaired) electrons. The summed E-state index contributed by atoms with van der Waals surface area (Å²) < 4.78 is 42.3. The fourth-order valence-electron chi connectivity index (χ4n) is 3.98. The van der Waals surface area contributed by atoms with Gasteiger partial charge in [0.25, 0.3) is 0 Å². The Hall–Kier alpha value is -2.68. The van der Waals surface area contributed by atoms with Gasteiger partial charge in [0.05, 0.1) is 4.90 Å². The van der Waals surface area contributed by atoms with Crippen molar-refractivity contribution in [1.29, 1.82) is 0 Å². The smallest absolute Gasteiger partial charge is 0.207 e. The van der Waals surface area contributed by atoms with Crippen molar-refractivity contribution < 1.29 is 12.8 Å². The van der Waals surface area contributed by atoms with Crippen molar-refractivity contribution in [3.63, 3.8) is 0 Å². The standard InChI is InChI=1S/C23H20FN3O2S2/c24-21-10-4-3-9-20(21)23-26-25-22(30-23)18-8-5-13-27(15-18)31(28,29)19-12-11-16-6-1-2-7-17(16)14-19/h1-4,6-7,9-12,14,18H,5,8,13,15H2. The van der Waals surface area contributed by atoms with Crippen LogP contribution in [-0.4, -0.2) is 36.0 Å². The Kier molecular flexibility index (Phi) is 5.29. The Labute approximate surface area is 184 Å². The van der Waals surface area contributed by atoms with Crippen LogP contribution in [0.2, 0.25) is 0 Å². The molecule has 1 saturated heterocycles. The Balaban J connectivity index is 1.40. The fourth-order valence-corrected chi connectivity index (χ4v) is 6.54. The molecule has 4 aromatic rings. The third-order valence-electron chi connectivity index (χ3n) is 5.64. The van der Waals surface area contributed by atoms with Crippen LogP contribution in [0.25, 0.3) is 21.3 Å². The SMILES string of the molecule is O=S(=O)(c1ccc2ccccc2c1)N1CCCC(c2nnc(-c3ccccc3F)s2)C1. The van der Waals surface area contributed by atoms with Crippen molar-refractivity contribution in [3.05, 3.63) is 77.6 Å². The molecule has 0 saturated carbocycles. The number of aromatic nitrogens is 2. The van der Waals surface area contributed by atoms with Crippen LogP contribution in [0.4, 0.5) is 4.39 Å². The van der Waals surface area contributed by atoms with E-state index in [1.807, 2.05) is 30.3 Å². The minimum absolute atomic E-state index is 0.0537. The van der Waals surface area contributed by atoms with Crippen molar-refractivity contribution in [2.24, 2.45) is 0 Å². The summed E-state index contributed by atoms with van der Waals surface area (Å²) in [7, 11) is -3.62. The second-order valence-electron chi connectivity index (χ2n) is 7.64. The first-order valence-corrected chi connectivity index (χ1v) is 12.4. The lowest BCUT2D eigenvalue weighted by Crippen LogP contribution is -2.39. The third-order valence-corrected chi connectivity index (χ3v) is 8.62. The lowest BCUT2D eigenvalue weighted by atomic mass is 10.0. The maximum Gasteiger partial charge on any atom is 0.243 e. The van der Waals surface area contributed by atoms with Crippen LogP contribution >= 0.6 is 11.3 Å². The Bertz CT molecular complexity index is 1350. The second kappa shape index (κ2) is 8.11. The summed E-state index contributed by atoms with van der Waals surface area (Å²) in [5.41, 5.74) is 0.419. The average Bonchev–Trinajstić information content (AvgIpc) is 3.29. The van der Waals surface area contributed by atoms with Crippen molar-refractivity contribution >= 4 is 32.1 Å². The molecule has 5 nitrogen and oxygen atoms in total. The zero-order valence-electron chi connectivity index (χ0n) is 16.6. The molecule has 31 heavy (non-hydrogen) atoms. The molecule has 158 valence electrons. The molecule has 8 heteroatoms. The zero-order valence-corrected chi connectivity index (χ0v) is 18.2. The molecule has 1 fully saturated rings. The molecule has 0 N–H and O–H groups in total. The summed E-state index contributed by atoms with van der Waals surface area (Å²) >= 11 is 1.33. The summed E-state index contributed by atoms with van der Waals surface area (Å²) in [5.74, 6) is -0.392. The minimum Gasteiger partial charge on any atom is -0.207 e. The number of piperidine rings is 1. The van der Waals surface area contributed by atoms with Gasteiger partial charge in [0.1, 0.15) is 10.8 Å². The van der Waals surface area contributed by atoms with Crippen LogP contribution in [0.5, 0.6) is 0 Å². The molecule has 3 aromatic carbocycles. The molecule has 0 amide bonds. The van der Waals surface area contributed by atoms with Gasteiger partial charge in [0, 0.05) is 24.6 Å². The molecule has 0 bridgehead atoms. The summed E-state index contributed by atoms with van der Waals surface area (Å²) in [6, 6.07) is 19.4. The highest BCUT2D eigenvalue weighted by atomic mass is 32.2. The first-order chi connectivity index (χ1) is 15.0. The van der Waals surface area contributed by atoms with Gasteiger partial charge in [0.2, 0.25) is 10.0 Å². The number of hydrogen-bond donors (Lipinski definition) is 0. The van der Waals surface area contributed by atoms with Crippen molar-refractivity contribution in [2.75, 3.05) is 13.1 Å². The maximum absolute atomic E-state index is 14.1. The molecule has 1 aliphatic rings. The summed E-state index contributed by atoms with van der Waals surface area (Å²) in [5, 5.41) is 11.6. The van der Waals surface area contributed by atoms with E-state index < -0.39 is 10.0 Å². The average molecular weight is 454 g/mol. The molecular formula is C23H20FN3O2S2. The highest BCUT2D eigenvalue weighted by Crippen LogP contribution is 2.35. The molecule has 1 atom stereocenters. The predicted molar refractivity (Wildman–Crippen MR) is 120 cm³/mol. The van der Waals surface area contributed by atoms with Crippen LogP contribution in [0.15, 0.2) is 71.6 Å². The molecule has 1 unspecified atom stereocenters. The first-order valence-electron chi connectivity index (χ1n) is 10.1. The minimum atomic E-state index is -3.62. The van der Waals surface area contributed by atoms with Gasteiger partial charge in [0.15, 0.2) is 5.01 Å². The van der Waals surface area contributed by atoms with Crippen LogP contribution in [0, 0.1) is 5.82 Å². The zero-order chi connectivity index (χ0) is 21.4. The van der Waals surface area contributed by atoms with Crippen molar-refractivity contribution in [2.45, 2.75) is 23.7 Å². The topological polar surface area (TPSA) is 63.2 Å². The Morgan fingerprint density at radius 3 is 2.58 bits per heavy atom. The van der Waals surface area contributed by atoms with Crippen LogP contribution in [0.1, 0.15) is 23.8 Å². The molecule has 0 aliphatic carbocycles. The van der Waals surface area contributed by atoms with E-state index in [9.17, 15) is 12.8 Å². The molecule has 1 aromatic heterocycles. The van der Waals surface area contributed by atoms with Crippen molar-refractivity contribution in [1.82, 2.24) is 14.5 Å². The number of halogens is 1. The molecule has 0 spiro atoms. The quantitative estimate of drug-likeness (QED) is 0.433. The number of nitrogens with zero attached hydrogens (tertiary/aromatic N) is 3. The lowest BCUT2D eigenvalue weighted by molar-refractivity contribution is 0.314. The van der Waals surface area contributed by atoms with E-state index in [0.29, 0.717) is 28.6 Å². The molecule has 1 aliphatic heterocycles. The molecule has 5 rings (SSSR count). The summed E-state index contributed by atoms with van der Waals surface area (Å²) in [4.78, 5) is 0.302. The largest absolute Gasteiger partial charge is 0.243 e. The number of hydrogen-bond acceptors (Lipinski definition) is 5. The lowest BCUT2D eigenvalue weighted by Gasteiger charge is -2.30. The highest BCUT2D eigenvalue weighted by molar-refractivity contribution is 7.89. The fraction of sp³-hybridized carbons (Fsp3) is 0.217. The Morgan fingerprint density at radius 2 is 1.74 bits per heavy atom. The number of fused-ring (bicyclic) bond motifs is 1. The normalized spacial score (nSPS) is 17.8. The van der Waals surface area contributed by atoms with Crippen LogP contribution < -0.4 is 0 Å². The van der Waals surface area contributed by atoms with E-state index in [1.165, 1.54) is 21.7 Å². The number of benzene rings is 3. The monoisotopic (exact) mass is 453 g/mol. The number of sulfonamides is 1. The number of rotatable bonds is 4. The molecular weight excluding hydrogens is 433 g/mol. The third kappa shape index (κ3) is 3.86. The van der Waals surface area contributed by atoms with Gasteiger partial charge in [-0.15, -0.1) is 10.2 Å². The van der Waals surface area contributed by atoms with Gasteiger partial charge in [-0.25, -0.2) is 12.8 Å². The van der Waals surface area contributed by atoms with E-state index >= 15 is 0 Å². The van der Waals surface area contributed by atoms with Gasteiger partial charge in [-0.1, -0.05) is 53.8 Å². The summed E-state index contributed by atoms with van der Waals surface area (Å²) in [6.45, 7) is 0.825. The van der Waals surface area contributed by atoms with Crippen LogP contribution in [0.3, 0.4) is 0 Å². The van der Waals surface area contributed by atoms with Gasteiger partial charge in [-0.05, 0) is 47.9 Å². The van der Waals surface area contributed by atoms with E-state index in [4.69, 9.17) is 0 Å². The molecule has 2 heterocycles. The van der Waals surface area contributed by atoms with E-state index in [1.54, 1.807) is 30.3 Å².